The third-order valence-corrected chi connectivity index (χ3v) is 4.73. The van der Waals surface area contributed by atoms with E-state index in [2.05, 4.69) is 27.3 Å². The number of nitriles is 1. The molecular weight excluding hydrogens is 375 g/mol. The molecule has 19 heavy (non-hydrogen) atoms. The van der Waals surface area contributed by atoms with Crippen LogP contribution in [0.15, 0.2) is 53.4 Å². The Morgan fingerprint density at radius 1 is 1.05 bits per heavy atom. The summed E-state index contributed by atoms with van der Waals surface area (Å²) in [4.78, 5) is 0.131. The Bertz CT molecular complexity index is 734. The zero-order valence-corrected chi connectivity index (χ0v) is 12.6. The predicted molar refractivity (Wildman–Crippen MR) is 81.1 cm³/mol. The number of sulfonamides is 1. The van der Waals surface area contributed by atoms with Crippen molar-refractivity contribution in [2.45, 2.75) is 4.90 Å². The number of benzene rings is 2. The quantitative estimate of drug-likeness (QED) is 0.828. The maximum absolute atomic E-state index is 12.2. The lowest BCUT2D eigenvalue weighted by Gasteiger charge is -2.09. The van der Waals surface area contributed by atoms with E-state index < -0.39 is 10.0 Å². The molecule has 0 bridgehead atoms. The summed E-state index contributed by atoms with van der Waals surface area (Å²) in [6.45, 7) is 0. The molecule has 1 N–H and O–H groups in total. The molecule has 0 heterocycles. The second-order valence-corrected chi connectivity index (χ2v) is 6.57. The minimum Gasteiger partial charge on any atom is -0.279 e. The van der Waals surface area contributed by atoms with Gasteiger partial charge in [-0.15, -0.1) is 0 Å². The normalized spacial score (nSPS) is 10.7. The van der Waals surface area contributed by atoms with Gasteiger partial charge in [0, 0.05) is 3.57 Å². The fourth-order valence-corrected chi connectivity index (χ4v) is 3.24. The van der Waals surface area contributed by atoms with Crippen LogP contribution in [0.5, 0.6) is 0 Å². The van der Waals surface area contributed by atoms with Gasteiger partial charge in [0.1, 0.15) is 0 Å². The Hall–Kier alpha value is -1.59. The summed E-state index contributed by atoms with van der Waals surface area (Å²) < 4.78 is 27.7. The van der Waals surface area contributed by atoms with Crippen molar-refractivity contribution in [3.8, 4) is 6.07 Å². The smallest absolute Gasteiger partial charge is 0.261 e. The van der Waals surface area contributed by atoms with E-state index in [1.807, 2.05) is 18.2 Å². The average molecular weight is 384 g/mol. The van der Waals surface area contributed by atoms with Crippen molar-refractivity contribution >= 4 is 38.3 Å². The van der Waals surface area contributed by atoms with Gasteiger partial charge in [-0.2, -0.15) is 5.26 Å². The fourth-order valence-electron chi connectivity index (χ4n) is 1.46. The number of hydrogen-bond donors (Lipinski definition) is 1. The molecule has 0 aliphatic rings. The molecule has 96 valence electrons. The molecule has 0 radical (unpaired) electrons. The second-order valence-electron chi connectivity index (χ2n) is 3.72. The molecule has 0 saturated heterocycles. The highest BCUT2D eigenvalue weighted by molar-refractivity contribution is 14.1. The standard InChI is InChI=1S/C13H9IN2O2S/c14-12-3-1-2-4-13(12)16-19(17,18)11-7-5-10(9-15)6-8-11/h1-8,16H. The second kappa shape index (κ2) is 5.59. The number of nitrogens with zero attached hydrogens (tertiary/aromatic N) is 1. The van der Waals surface area contributed by atoms with Gasteiger partial charge in [0.05, 0.1) is 22.2 Å². The first-order chi connectivity index (χ1) is 9.03. The Labute approximate surface area is 125 Å². The molecule has 0 saturated carbocycles. The van der Waals surface area contributed by atoms with Crippen molar-refractivity contribution in [2.75, 3.05) is 4.72 Å². The van der Waals surface area contributed by atoms with Crippen LogP contribution < -0.4 is 4.72 Å². The summed E-state index contributed by atoms with van der Waals surface area (Å²) in [6, 6.07) is 14.8. The minimum atomic E-state index is -3.63. The molecule has 2 aromatic rings. The molecule has 0 atom stereocenters. The van der Waals surface area contributed by atoms with Gasteiger partial charge in [-0.3, -0.25) is 4.72 Å². The highest BCUT2D eigenvalue weighted by Gasteiger charge is 2.15. The third kappa shape index (κ3) is 3.24. The predicted octanol–water partition coefficient (Wildman–Crippen LogP) is 2.96. The van der Waals surface area contributed by atoms with E-state index >= 15 is 0 Å². The van der Waals surface area contributed by atoms with E-state index in [0.29, 0.717) is 11.3 Å². The van der Waals surface area contributed by atoms with Crippen LogP contribution in [0.3, 0.4) is 0 Å². The van der Waals surface area contributed by atoms with Crippen LogP contribution in [0.2, 0.25) is 0 Å². The Morgan fingerprint density at radius 3 is 2.26 bits per heavy atom. The van der Waals surface area contributed by atoms with Crippen molar-refractivity contribution in [1.29, 1.82) is 5.26 Å². The van der Waals surface area contributed by atoms with Gasteiger partial charge < -0.3 is 0 Å². The first-order valence-electron chi connectivity index (χ1n) is 5.30. The number of para-hydroxylation sites is 1. The molecule has 4 nitrogen and oxygen atoms in total. The summed E-state index contributed by atoms with van der Waals surface area (Å²) in [6.07, 6.45) is 0. The van der Waals surface area contributed by atoms with E-state index in [4.69, 9.17) is 5.26 Å². The maximum atomic E-state index is 12.2. The zero-order valence-electron chi connectivity index (χ0n) is 9.67. The van der Waals surface area contributed by atoms with Gasteiger partial charge >= 0.3 is 0 Å². The van der Waals surface area contributed by atoms with Gasteiger partial charge in [0.25, 0.3) is 10.0 Å². The van der Waals surface area contributed by atoms with E-state index in [0.717, 1.165) is 3.57 Å². The van der Waals surface area contributed by atoms with Crippen molar-refractivity contribution in [3.63, 3.8) is 0 Å². The SMILES string of the molecule is N#Cc1ccc(S(=O)(=O)Nc2ccccc2I)cc1. The molecule has 0 unspecified atom stereocenters. The molecule has 0 fully saturated rings. The fraction of sp³-hybridized carbons (Fsp3) is 0. The third-order valence-electron chi connectivity index (χ3n) is 2.41. The monoisotopic (exact) mass is 384 g/mol. The average Bonchev–Trinajstić information content (AvgIpc) is 2.41. The van der Waals surface area contributed by atoms with Gasteiger partial charge in [0.15, 0.2) is 0 Å². The van der Waals surface area contributed by atoms with E-state index in [1.54, 1.807) is 12.1 Å². The molecule has 2 rings (SSSR count). The van der Waals surface area contributed by atoms with Gasteiger partial charge in [-0.05, 0) is 59.0 Å². The van der Waals surface area contributed by atoms with Crippen LogP contribution in [-0.2, 0) is 10.0 Å². The summed E-state index contributed by atoms with van der Waals surface area (Å²) in [5, 5.41) is 8.69. The van der Waals surface area contributed by atoms with E-state index in [-0.39, 0.29) is 4.90 Å². The van der Waals surface area contributed by atoms with E-state index in [1.165, 1.54) is 24.3 Å². The molecule has 6 heteroatoms. The van der Waals surface area contributed by atoms with Gasteiger partial charge in [-0.25, -0.2) is 8.42 Å². The summed E-state index contributed by atoms with van der Waals surface area (Å²) >= 11 is 2.06. The lowest BCUT2D eigenvalue weighted by Crippen LogP contribution is -2.13. The maximum Gasteiger partial charge on any atom is 0.261 e. The van der Waals surface area contributed by atoms with Crippen LogP contribution in [0.1, 0.15) is 5.56 Å². The molecule has 0 aliphatic heterocycles. The summed E-state index contributed by atoms with van der Waals surface area (Å²) in [5.74, 6) is 0. The van der Waals surface area contributed by atoms with Crippen molar-refractivity contribution in [3.05, 3.63) is 57.7 Å². The number of hydrogen-bond acceptors (Lipinski definition) is 3. The molecular formula is C13H9IN2O2S. The number of nitrogens with one attached hydrogen (secondary N) is 1. The zero-order chi connectivity index (χ0) is 13.9. The first-order valence-corrected chi connectivity index (χ1v) is 7.86. The van der Waals surface area contributed by atoms with Crippen LogP contribution in [-0.4, -0.2) is 8.42 Å². The first kappa shape index (κ1) is 13.8. The molecule has 0 amide bonds. The molecule has 0 aliphatic carbocycles. The van der Waals surface area contributed by atoms with Crippen LogP contribution >= 0.6 is 22.6 Å². The Balaban J connectivity index is 2.33. The molecule has 0 spiro atoms. The lowest BCUT2D eigenvalue weighted by atomic mass is 10.2. The summed E-state index contributed by atoms with van der Waals surface area (Å²) in [5.41, 5.74) is 0.959. The highest BCUT2D eigenvalue weighted by atomic mass is 127. The largest absolute Gasteiger partial charge is 0.279 e. The minimum absolute atomic E-state index is 0.131. The Morgan fingerprint density at radius 2 is 1.68 bits per heavy atom. The topological polar surface area (TPSA) is 70.0 Å². The van der Waals surface area contributed by atoms with Crippen LogP contribution in [0.4, 0.5) is 5.69 Å². The number of anilines is 1. The van der Waals surface area contributed by atoms with Crippen molar-refractivity contribution < 1.29 is 8.42 Å². The van der Waals surface area contributed by atoms with Crippen LogP contribution in [0, 0.1) is 14.9 Å². The van der Waals surface area contributed by atoms with Gasteiger partial charge in [-0.1, -0.05) is 12.1 Å². The molecule has 0 aromatic heterocycles. The highest BCUT2D eigenvalue weighted by Crippen LogP contribution is 2.21. The number of rotatable bonds is 3. The Kier molecular flexibility index (Phi) is 4.07. The van der Waals surface area contributed by atoms with Crippen molar-refractivity contribution in [2.24, 2.45) is 0 Å². The lowest BCUT2D eigenvalue weighted by molar-refractivity contribution is 0.601. The van der Waals surface area contributed by atoms with Crippen LogP contribution in [0.25, 0.3) is 0 Å². The van der Waals surface area contributed by atoms with Crippen molar-refractivity contribution in [1.82, 2.24) is 0 Å². The number of halogens is 1. The van der Waals surface area contributed by atoms with Gasteiger partial charge in [0.2, 0.25) is 0 Å². The summed E-state index contributed by atoms with van der Waals surface area (Å²) in [7, 11) is -3.63. The van der Waals surface area contributed by atoms with E-state index in [9.17, 15) is 8.42 Å². The molecule has 2 aromatic carbocycles.